The van der Waals surface area contributed by atoms with Crippen LogP contribution < -0.4 is 5.32 Å². The van der Waals surface area contributed by atoms with Crippen LogP contribution in [-0.2, 0) is 116 Å². The van der Waals surface area contributed by atoms with E-state index in [1.54, 1.807) is 13.8 Å². The molecule has 3 rings (SSSR count). The highest BCUT2D eigenvalue weighted by molar-refractivity contribution is 7.48. The van der Waals surface area contributed by atoms with E-state index < -0.39 is 161 Å². The average molecular weight is 1700 g/mol. The molecular weight excluding hydrogens is 1570 g/mol. The Hall–Kier alpha value is -0.970. The van der Waals surface area contributed by atoms with Crippen molar-refractivity contribution in [1.82, 2.24) is 5.32 Å². The molecule has 3 heterocycles. The predicted molar refractivity (Wildman–Crippen MR) is 391 cm³/mol. The summed E-state index contributed by atoms with van der Waals surface area (Å²) in [7, 11) is -18.5. The summed E-state index contributed by atoms with van der Waals surface area (Å²) < 4.78 is 163. The number of nitrogens with one attached hydrogen (secondary N) is 1. The number of aliphatic hydroxyl groups is 10. The standard InChI is InChI=1S/C67H133NO39P4/c1-49(2)93-31-18-23-88-43-53(39-69)44-89-24-19-35-103-111(86,87)104-48-67(45-90-25-20-36-100-108(80,81)97-32-15-9-6-12-28-94-64-50(3)58(74)60(76)54(40-70)105-64,46-91-26-21-37-101-109(82,83)98-33-16-10-7-13-29-95-65-51(4)59(75)61(77)55(41-71)106-65)47-92-27-22-38-102-110(84,85)99-34-17-11-8-14-30-96-66-57(68-52(5)73)63(79)62(78)56(42-72)107-66/h49-51,53-66,69-72,74-79H,6-48H2,1-5H3,(H,68,73)(H,80,81)(H,82,83)(H,84,85)(H,86,87)/t50-,51-,53?,54?,55?,56?,57-,58?,59?,60-,61-,62-,63?,64+,65+,66+,67?/m0/s1. The second-order valence-electron chi connectivity index (χ2n) is 27.9. The molecule has 20 atom stereocenters. The number of carbonyl (C=O) groups is 1. The van der Waals surface area contributed by atoms with Gasteiger partial charge in [0.1, 0.15) is 48.8 Å². The number of ether oxygens (including phenoxy) is 12. The lowest BCUT2D eigenvalue weighted by molar-refractivity contribution is -0.282. The molecule has 3 fully saturated rings. The van der Waals surface area contributed by atoms with Crippen molar-refractivity contribution in [2.75, 3.05) is 172 Å². The van der Waals surface area contributed by atoms with Crippen molar-refractivity contribution in [2.24, 2.45) is 23.2 Å². The van der Waals surface area contributed by atoms with E-state index in [2.05, 4.69) is 5.32 Å². The molecule has 3 saturated heterocycles. The van der Waals surface area contributed by atoms with E-state index in [1.165, 1.54) is 6.92 Å². The smallest absolute Gasteiger partial charge is 0.396 e. The van der Waals surface area contributed by atoms with Gasteiger partial charge >= 0.3 is 31.3 Å². The number of phosphoric acid groups is 4. The van der Waals surface area contributed by atoms with Crippen LogP contribution in [0.4, 0.5) is 0 Å². The zero-order valence-electron chi connectivity index (χ0n) is 65.0. The number of unbranched alkanes of at least 4 members (excludes halogenated alkanes) is 9. The summed E-state index contributed by atoms with van der Waals surface area (Å²) in [5.41, 5.74) is -1.48. The van der Waals surface area contributed by atoms with Crippen LogP contribution >= 0.6 is 31.3 Å². The van der Waals surface area contributed by atoms with Crippen molar-refractivity contribution in [1.29, 1.82) is 0 Å². The fraction of sp³-hybridized carbons (Fsp3) is 0.985. The Bertz CT molecular complexity index is 2480. The summed E-state index contributed by atoms with van der Waals surface area (Å²) in [4.78, 5) is 54.1. The highest BCUT2D eigenvalue weighted by atomic mass is 31.2. The van der Waals surface area contributed by atoms with Crippen LogP contribution in [0.1, 0.15) is 144 Å². The van der Waals surface area contributed by atoms with Gasteiger partial charge in [0.05, 0.1) is 136 Å². The van der Waals surface area contributed by atoms with Gasteiger partial charge in [0, 0.05) is 84.1 Å². The van der Waals surface area contributed by atoms with Crippen molar-refractivity contribution < 1.29 is 187 Å². The molecule has 0 aromatic carbocycles. The Morgan fingerprint density at radius 2 is 0.676 bits per heavy atom. The highest BCUT2D eigenvalue weighted by Gasteiger charge is 2.47. The molecule has 0 aromatic heterocycles. The molecule has 11 unspecified atom stereocenters. The highest BCUT2D eigenvalue weighted by Crippen LogP contribution is 2.47. The van der Waals surface area contributed by atoms with E-state index in [1.807, 2.05) is 13.8 Å². The molecule has 0 saturated carbocycles. The third-order valence-corrected chi connectivity index (χ3v) is 21.7. The quantitative estimate of drug-likeness (QED) is 0.0307. The lowest BCUT2D eigenvalue weighted by Crippen LogP contribution is -2.64. The Morgan fingerprint density at radius 3 is 1.01 bits per heavy atom. The second kappa shape index (κ2) is 58.9. The molecule has 1 amide bonds. The van der Waals surface area contributed by atoms with Crippen LogP contribution in [0.2, 0.25) is 0 Å². The first-order valence-corrected chi connectivity index (χ1v) is 44.4. The van der Waals surface area contributed by atoms with E-state index in [0.717, 1.165) is 0 Å². The summed E-state index contributed by atoms with van der Waals surface area (Å²) in [6, 6.07) is -1.10. The Balaban J connectivity index is 1.61. The number of amides is 1. The maximum Gasteiger partial charge on any atom is 0.472 e. The van der Waals surface area contributed by atoms with Gasteiger partial charge in [0.25, 0.3) is 0 Å². The van der Waals surface area contributed by atoms with Crippen molar-refractivity contribution in [2.45, 2.75) is 230 Å². The monoisotopic (exact) mass is 1700 g/mol. The maximum atomic E-state index is 13.5. The molecule has 0 radical (unpaired) electrons. The minimum Gasteiger partial charge on any atom is -0.396 e. The molecule has 3 aliphatic heterocycles. The molecule has 0 bridgehead atoms. The zero-order valence-corrected chi connectivity index (χ0v) is 68.6. The SMILES string of the molecule is CC(=O)N[C@H]1C(O)[C@@H](O)C(CO)O[C@H]1OCCCCCCOP(=O)(O)OCCCOCC(COCCCOP(=O)(O)OCCCCCCO[C@@H]1OC(CO)[C@H](O)C(O)[C@@H]1C)(COCCCOP(=O)(O)OCCCCCCO[C@@H]1OC(CO)[C@H](O)C(O)[C@@H]1C)COP(=O)(O)OCCCOCC(CO)COCCCOC(C)C. The molecular formula is C67H133NO39P4. The van der Waals surface area contributed by atoms with E-state index in [0.29, 0.717) is 96.7 Å². The van der Waals surface area contributed by atoms with Gasteiger partial charge in [-0.3, -0.25) is 41.0 Å². The van der Waals surface area contributed by atoms with E-state index >= 15 is 0 Å². The van der Waals surface area contributed by atoms with Crippen LogP contribution in [0.25, 0.3) is 0 Å². The number of hydrogen-bond donors (Lipinski definition) is 15. The largest absolute Gasteiger partial charge is 0.472 e. The van der Waals surface area contributed by atoms with Gasteiger partial charge in [0.15, 0.2) is 18.9 Å². The summed E-state index contributed by atoms with van der Waals surface area (Å²) in [5.74, 6) is -1.93. The molecule has 111 heavy (non-hydrogen) atoms. The van der Waals surface area contributed by atoms with Crippen molar-refractivity contribution in [3.8, 4) is 0 Å². The Morgan fingerprint density at radius 1 is 0.378 bits per heavy atom. The van der Waals surface area contributed by atoms with Crippen LogP contribution in [0.15, 0.2) is 0 Å². The van der Waals surface area contributed by atoms with Gasteiger partial charge in [0.2, 0.25) is 5.91 Å². The molecule has 0 aliphatic carbocycles. The first kappa shape index (κ1) is 104. The van der Waals surface area contributed by atoms with Gasteiger partial charge < -0.3 is 133 Å². The molecule has 3 aliphatic rings. The Kier molecular flexibility index (Phi) is 55.3. The predicted octanol–water partition coefficient (Wildman–Crippen LogP) is 2.40. The Labute approximate surface area is 651 Å². The van der Waals surface area contributed by atoms with Gasteiger partial charge in [-0.1, -0.05) is 52.4 Å². The lowest BCUT2D eigenvalue weighted by Gasteiger charge is -2.42. The minimum atomic E-state index is -4.88. The summed E-state index contributed by atoms with van der Waals surface area (Å²) in [6.45, 7) is 4.84. The molecule has 15 N–H and O–H groups in total. The normalized spacial score (nSPS) is 27.6. The topological polar surface area (TPSA) is 565 Å². The third-order valence-electron chi connectivity index (χ3n) is 17.7. The van der Waals surface area contributed by atoms with Crippen LogP contribution in [0.3, 0.4) is 0 Å². The fourth-order valence-corrected chi connectivity index (χ4v) is 14.5. The molecule has 0 spiro atoms. The van der Waals surface area contributed by atoms with Crippen molar-refractivity contribution >= 4 is 37.2 Å². The number of phosphoric ester groups is 4. The van der Waals surface area contributed by atoms with Crippen LogP contribution in [0, 0.1) is 23.2 Å². The first-order chi connectivity index (χ1) is 52.8. The average Bonchev–Trinajstić information content (AvgIpc) is 0.821. The van der Waals surface area contributed by atoms with Crippen LogP contribution in [0.5, 0.6) is 0 Å². The number of carbonyl (C=O) groups excluding carboxylic acids is 1. The number of aliphatic hydroxyl groups excluding tert-OH is 10. The first-order valence-electron chi connectivity index (χ1n) is 38.4. The van der Waals surface area contributed by atoms with Gasteiger partial charge in [-0.05, 0) is 84.5 Å². The summed E-state index contributed by atoms with van der Waals surface area (Å²) in [6.07, 6.45) is -6.46. The van der Waals surface area contributed by atoms with E-state index in [-0.39, 0.29) is 170 Å². The summed E-state index contributed by atoms with van der Waals surface area (Å²) >= 11 is 0. The van der Waals surface area contributed by atoms with Gasteiger partial charge in [-0.2, -0.15) is 0 Å². The maximum absolute atomic E-state index is 13.5. The summed E-state index contributed by atoms with van der Waals surface area (Å²) in [5, 5.41) is 102. The van der Waals surface area contributed by atoms with Crippen molar-refractivity contribution in [3.63, 3.8) is 0 Å². The number of hydrogen-bond acceptors (Lipinski definition) is 35. The van der Waals surface area contributed by atoms with Crippen molar-refractivity contribution in [3.05, 3.63) is 0 Å². The van der Waals surface area contributed by atoms with Gasteiger partial charge in [-0.25, -0.2) is 18.3 Å². The molecule has 660 valence electrons. The zero-order chi connectivity index (χ0) is 82.1. The van der Waals surface area contributed by atoms with E-state index in [4.69, 9.17) is 93.0 Å². The molecule has 40 nitrogen and oxygen atoms in total. The fourth-order valence-electron chi connectivity index (χ4n) is 11.2. The number of rotatable bonds is 70. The minimum absolute atomic E-state index is 0.00812. The van der Waals surface area contributed by atoms with Gasteiger partial charge in [-0.15, -0.1) is 0 Å². The molecule has 44 heteroatoms. The van der Waals surface area contributed by atoms with Crippen LogP contribution in [-0.4, -0.2) is 334 Å². The second-order valence-corrected chi connectivity index (χ2v) is 33.8. The third kappa shape index (κ3) is 45.3. The van der Waals surface area contributed by atoms with E-state index in [9.17, 15) is 93.7 Å². The lowest BCUT2D eigenvalue weighted by atomic mass is 9.92. The molecule has 0 aromatic rings.